The van der Waals surface area contributed by atoms with E-state index in [-0.39, 0.29) is 71.6 Å². The fourth-order valence-corrected chi connectivity index (χ4v) is 10.5. The molecule has 0 amide bonds. The van der Waals surface area contributed by atoms with E-state index in [1.165, 1.54) is 22.5 Å². The second-order valence-corrected chi connectivity index (χ2v) is 40.9. The average molecular weight is 1700 g/mol. The van der Waals surface area contributed by atoms with Crippen LogP contribution in [0.3, 0.4) is 0 Å². The van der Waals surface area contributed by atoms with Gasteiger partial charge in [0.15, 0.2) is 23.0 Å². The van der Waals surface area contributed by atoms with Crippen molar-refractivity contribution >= 4 is 17.5 Å². The number of hydrogen-bond acceptors (Lipinski definition) is 17. The van der Waals surface area contributed by atoms with Gasteiger partial charge in [-0.2, -0.15) is 19.7 Å². The van der Waals surface area contributed by atoms with Gasteiger partial charge in [0.25, 0.3) is 11.8 Å². The van der Waals surface area contributed by atoms with Crippen molar-refractivity contribution in [2.45, 2.75) is 295 Å². The van der Waals surface area contributed by atoms with Gasteiger partial charge in [0, 0.05) is 124 Å². The number of aromatic amines is 2. The quantitative estimate of drug-likeness (QED) is 0.106. The number of oxazole rings is 2. The molecule has 0 aliphatic carbocycles. The predicted octanol–water partition coefficient (Wildman–Crippen LogP) is 20.6. The summed E-state index contributed by atoms with van der Waals surface area (Å²) in [5.41, 5.74) is 12.2. The number of nitrogens with one attached hydrogen (secondary N) is 2. The van der Waals surface area contributed by atoms with E-state index in [0.29, 0.717) is 40.5 Å². The summed E-state index contributed by atoms with van der Waals surface area (Å²) < 4.78 is 34.8. The molecular weight excluding hydrogens is 1560 g/mol. The molecule has 0 aromatic carbocycles. The molecule has 0 saturated heterocycles. The highest BCUT2D eigenvalue weighted by molar-refractivity contribution is 7.06. The van der Waals surface area contributed by atoms with Crippen LogP contribution in [0.25, 0.3) is 0 Å². The van der Waals surface area contributed by atoms with Crippen molar-refractivity contribution in [3.8, 4) is 123 Å². The second kappa shape index (κ2) is 46.0. The summed E-state index contributed by atoms with van der Waals surface area (Å²) >= 11 is 1.49. The Bertz CT molecular complexity index is 5090. The third-order valence-corrected chi connectivity index (χ3v) is 18.6. The Morgan fingerprint density at radius 3 is 1.33 bits per heavy atom. The highest BCUT2D eigenvalue weighted by Crippen LogP contribution is 2.32. The van der Waals surface area contributed by atoms with Gasteiger partial charge in [-0.15, -0.1) is 64.2 Å². The molecule has 1 aliphatic heterocycles. The van der Waals surface area contributed by atoms with Crippen LogP contribution in [-0.4, -0.2) is 86.0 Å². The number of carbonyl (C=O) groups excluding carboxylic acids is 1. The van der Waals surface area contributed by atoms with Crippen LogP contribution in [0.4, 0.5) is 0 Å². The first kappa shape index (κ1) is 109. The van der Waals surface area contributed by atoms with Crippen LogP contribution in [0.5, 0.6) is 0 Å². The minimum absolute atomic E-state index is 0.0118. The number of H-pyrrole nitrogens is 2. The van der Waals surface area contributed by atoms with Crippen molar-refractivity contribution in [2.24, 2.45) is 26.6 Å². The van der Waals surface area contributed by atoms with Crippen LogP contribution in [0.1, 0.15) is 348 Å². The first-order valence-electron chi connectivity index (χ1n) is 40.2. The van der Waals surface area contributed by atoms with Gasteiger partial charge in [0.05, 0.1) is 23.8 Å². The molecule has 10 aromatic rings. The Kier molecular flexibility index (Phi) is 40.6. The maximum absolute atomic E-state index is 10.8. The first-order chi connectivity index (χ1) is 56.6. The van der Waals surface area contributed by atoms with E-state index in [0.717, 1.165) is 74.5 Å². The van der Waals surface area contributed by atoms with Crippen molar-refractivity contribution in [1.82, 2.24) is 73.9 Å². The molecule has 2 N–H and O–H groups in total. The lowest BCUT2D eigenvalue weighted by molar-refractivity contribution is -0.149. The first-order valence-corrected chi connectivity index (χ1v) is 41.0. The average Bonchev–Trinajstić information content (AvgIpc) is 1.68. The summed E-state index contributed by atoms with van der Waals surface area (Å²) in [4.78, 5) is 31.4. The fraction of sp³-hybridized carbons (Fsp3) is 0.480. The molecule has 0 fully saturated rings. The summed E-state index contributed by atoms with van der Waals surface area (Å²) in [7, 11) is 5.72. The highest BCUT2D eigenvalue weighted by Gasteiger charge is 2.30. The number of nitrogens with zero attached hydrogens (tertiary/aromatic N) is 13. The van der Waals surface area contributed by atoms with Gasteiger partial charge < -0.3 is 32.2 Å². The maximum atomic E-state index is 10.8. The number of aryl methyl sites for hydroxylation is 3. The minimum Gasteiger partial charge on any atom is -0.458 e. The summed E-state index contributed by atoms with van der Waals surface area (Å²) in [5.74, 6) is 28.2. The Morgan fingerprint density at radius 2 is 1.03 bits per heavy atom. The summed E-state index contributed by atoms with van der Waals surface area (Å²) in [6.07, 6.45) is 68.7. The lowest BCUT2D eigenvalue weighted by Gasteiger charge is -2.30. The number of cyclic esters (lactones) is 1. The Morgan fingerprint density at radius 1 is 0.476 bits per heavy atom. The van der Waals surface area contributed by atoms with Crippen LogP contribution in [0.2, 0.25) is 0 Å². The molecule has 0 spiro atoms. The highest BCUT2D eigenvalue weighted by atomic mass is 32.1. The van der Waals surface area contributed by atoms with E-state index in [4.69, 9.17) is 86.9 Å². The number of imidazole rings is 2. The van der Waals surface area contributed by atoms with Crippen molar-refractivity contribution in [1.29, 1.82) is 0 Å². The van der Waals surface area contributed by atoms with Crippen LogP contribution in [-0.2, 0) is 84.8 Å². The molecule has 10 aromatic heterocycles. The van der Waals surface area contributed by atoms with E-state index in [1.807, 2.05) is 103 Å². The van der Waals surface area contributed by atoms with Crippen molar-refractivity contribution in [3.05, 3.63) is 187 Å². The largest absolute Gasteiger partial charge is 0.458 e. The number of rotatable bonds is 0. The van der Waals surface area contributed by atoms with Gasteiger partial charge in [0.2, 0.25) is 0 Å². The Balaban J connectivity index is 0.000000682. The van der Waals surface area contributed by atoms with Gasteiger partial charge in [-0.25, -0.2) is 24.7 Å². The maximum Gasteiger partial charge on any atom is 0.330 e. The molecule has 11 rings (SSSR count). The van der Waals surface area contributed by atoms with E-state index in [1.54, 1.807) is 41.9 Å². The molecule has 0 saturated carbocycles. The van der Waals surface area contributed by atoms with Gasteiger partial charge in [-0.3, -0.25) is 14.5 Å². The number of esters is 1. The monoisotopic (exact) mass is 1700 g/mol. The van der Waals surface area contributed by atoms with Gasteiger partial charge >= 0.3 is 5.97 Å². The number of aromatic nitrogens is 15. The SMILES string of the molecule is C#Cc1[nH]ncc1C(C)(C)C.C#Cc1cc(C(C)(C)C)n(C)n1.C#Cc1cc(C(C)(C)C)on1.C#Cc1cc(C(C)(C)C)sn1.C#Cc1nc(C(C)(C)C)cn1C.C#Cc1nc(C(C)(C)C)co1.C#Cc1ncc(C(C)(C)C)[nH]1.C#Cc1ncc(C(C)(C)C)o1.C#Cc1nn(C)cc1C(C)(C)C.C#Cc1nocc1C(C)(C)C.CC(C)(C)C1CC=CC(=O)O1. The molecule has 0 radical (unpaired) electrons. The van der Waals surface area contributed by atoms with E-state index >= 15 is 0 Å². The Labute approximate surface area is 746 Å². The lowest BCUT2D eigenvalue weighted by atomic mass is 9.86. The summed E-state index contributed by atoms with van der Waals surface area (Å²) in [6, 6.07) is 5.73. The molecule has 124 heavy (non-hydrogen) atoms. The third kappa shape index (κ3) is 37.8. The molecule has 21 nitrogen and oxygen atoms in total. The Hall–Kier alpha value is -12.7. The van der Waals surface area contributed by atoms with Gasteiger partial charge in [-0.1, -0.05) is 251 Å². The topological polar surface area (TPSA) is 254 Å². The van der Waals surface area contributed by atoms with Crippen LogP contribution in [0, 0.1) is 129 Å². The number of ether oxygens (including phenoxy) is 1. The van der Waals surface area contributed by atoms with Crippen molar-refractivity contribution in [3.63, 3.8) is 0 Å². The number of hydrogen-bond donors (Lipinski definition) is 2. The fourth-order valence-electron chi connectivity index (χ4n) is 9.77. The lowest BCUT2D eigenvalue weighted by Crippen LogP contribution is -2.32. The van der Waals surface area contributed by atoms with Crippen molar-refractivity contribution < 1.29 is 27.4 Å². The van der Waals surface area contributed by atoms with Crippen LogP contribution >= 0.6 is 11.5 Å². The van der Waals surface area contributed by atoms with Crippen molar-refractivity contribution in [2.75, 3.05) is 0 Å². The molecule has 22 heteroatoms. The molecule has 1 aliphatic rings. The van der Waals surface area contributed by atoms with Crippen LogP contribution < -0.4 is 0 Å². The number of terminal acetylenes is 10. The predicted molar refractivity (Wildman–Crippen MR) is 504 cm³/mol. The molecule has 11 heterocycles. The molecule has 660 valence electrons. The van der Waals surface area contributed by atoms with Gasteiger partial charge in [-0.05, 0) is 104 Å². The number of carbonyl (C=O) groups is 1. The van der Waals surface area contributed by atoms with E-state index < -0.39 is 0 Å². The zero-order valence-electron chi connectivity index (χ0n) is 80.7. The third-order valence-electron chi connectivity index (χ3n) is 17.4. The second-order valence-electron chi connectivity index (χ2n) is 40.1. The normalized spacial score (nSPS) is 12.4. The molecule has 1 atom stereocenters. The minimum atomic E-state index is -0.212. The zero-order valence-corrected chi connectivity index (χ0v) is 81.5. The molecule has 0 bridgehead atoms. The summed E-state index contributed by atoms with van der Waals surface area (Å²) in [6.45, 7) is 69.2. The van der Waals surface area contributed by atoms with E-state index in [2.05, 4.69) is 306 Å². The molecule has 1 unspecified atom stereocenters. The van der Waals surface area contributed by atoms with E-state index in [9.17, 15) is 4.79 Å². The van der Waals surface area contributed by atoms with Crippen LogP contribution in [0.15, 0.2) is 91.7 Å². The molecular formula is C102H135N15O6S. The smallest absolute Gasteiger partial charge is 0.330 e. The zero-order chi connectivity index (χ0) is 95.9. The van der Waals surface area contributed by atoms with Gasteiger partial charge in [0.1, 0.15) is 52.9 Å². The summed E-state index contributed by atoms with van der Waals surface area (Å²) in [5, 5.41) is 22.4. The standard InChI is InChI=1S/3C10H14N2.2C9H12N2.4C9H11NO.C9H11NS.C9H14O2/c1-6-9-11-8(7-12(9)5)10(2,3)4;1-6-9-8(10(2,3)4)7-12(5)11-9;1-6-8-7-9(10(2,3)4)12(5)11-8;1-5-8-10-6-7(11-8)9(2,3)4;1-5-8-7(6-10-11-8)9(2,3)4;1-5-8-10-7(6-11-8)9(2,3)4;1-5-8-10-6-7(11-8)9(2,3)4;1-5-8-7(6-11-10-8)9(2,3)4;2*1-5-7-6-8(11-10-7)9(2,3)4;1-9(2,3)7-5-4-6-8(10)11-7/h3*1,7H,2-5H3;2*1,6H,2-4H3,(H,10,11);5*1,6H,2-4H3;4,6-7H,5H2,1-3H3.